The van der Waals surface area contributed by atoms with Crippen LogP contribution in [0.1, 0.15) is 44.9 Å². The number of esters is 1. The minimum absolute atomic E-state index is 0.0790. The molecule has 1 saturated heterocycles. The van der Waals surface area contributed by atoms with E-state index >= 15 is 0 Å². The number of ether oxygens (including phenoxy) is 2. The maximum absolute atomic E-state index is 12.2. The summed E-state index contributed by atoms with van der Waals surface area (Å²) in [5.41, 5.74) is 0. The predicted octanol–water partition coefficient (Wildman–Crippen LogP) is 3.69. The molecule has 0 radical (unpaired) electrons. The molecule has 1 aliphatic heterocycles. The molecule has 2 aromatic rings. The van der Waals surface area contributed by atoms with Crippen LogP contribution < -0.4 is 0 Å². The summed E-state index contributed by atoms with van der Waals surface area (Å²) in [6, 6.07) is 3.69. The highest BCUT2D eigenvalue weighted by Crippen LogP contribution is 2.27. The van der Waals surface area contributed by atoms with Crippen molar-refractivity contribution in [1.82, 2.24) is 14.8 Å². The number of carbonyl (C=O) groups is 1. The number of furan rings is 1. The van der Waals surface area contributed by atoms with E-state index in [1.165, 1.54) is 18.2 Å². The Morgan fingerprint density at radius 2 is 2.11 bits per heavy atom. The van der Waals surface area contributed by atoms with Crippen LogP contribution in [-0.4, -0.2) is 45.3 Å². The van der Waals surface area contributed by atoms with Gasteiger partial charge in [-0.05, 0) is 50.7 Å². The molecule has 1 saturated carbocycles. The van der Waals surface area contributed by atoms with E-state index in [0.29, 0.717) is 23.3 Å². The monoisotopic (exact) mass is 391 g/mol. The first-order valence-corrected chi connectivity index (χ1v) is 10.7. The standard InChI is InChI=1S/C19H25N3O4S/c23-17(26-14-6-2-1-3-7-14)13-27-19-21-20-18(16-9-5-11-25-16)22(19)12-15-8-4-10-24-15/h5,9,11,14-15H,1-4,6-8,10,12-13H2. The largest absolute Gasteiger partial charge is 0.462 e. The van der Waals surface area contributed by atoms with Gasteiger partial charge in [0, 0.05) is 6.61 Å². The zero-order chi connectivity index (χ0) is 18.5. The fraction of sp³-hybridized carbons (Fsp3) is 0.632. The molecule has 1 unspecified atom stereocenters. The van der Waals surface area contributed by atoms with Gasteiger partial charge in [-0.15, -0.1) is 10.2 Å². The van der Waals surface area contributed by atoms with Gasteiger partial charge in [-0.2, -0.15) is 0 Å². The van der Waals surface area contributed by atoms with Crippen LogP contribution in [0, 0.1) is 0 Å². The minimum Gasteiger partial charge on any atom is -0.462 e. The van der Waals surface area contributed by atoms with Crippen LogP contribution >= 0.6 is 11.8 Å². The van der Waals surface area contributed by atoms with Gasteiger partial charge >= 0.3 is 5.97 Å². The smallest absolute Gasteiger partial charge is 0.316 e. The number of hydrogen-bond donors (Lipinski definition) is 0. The van der Waals surface area contributed by atoms with E-state index in [1.54, 1.807) is 6.26 Å². The summed E-state index contributed by atoms with van der Waals surface area (Å²) in [7, 11) is 0. The maximum atomic E-state index is 12.2. The number of nitrogens with zero attached hydrogens (tertiary/aromatic N) is 3. The summed E-state index contributed by atoms with van der Waals surface area (Å²) in [4.78, 5) is 12.2. The fourth-order valence-corrected chi connectivity index (χ4v) is 4.40. The maximum Gasteiger partial charge on any atom is 0.316 e. The molecule has 3 heterocycles. The van der Waals surface area contributed by atoms with Crippen molar-refractivity contribution in [2.75, 3.05) is 12.4 Å². The summed E-state index contributed by atoms with van der Waals surface area (Å²) in [5, 5.41) is 9.26. The van der Waals surface area contributed by atoms with Crippen molar-refractivity contribution in [3.05, 3.63) is 18.4 Å². The first-order valence-electron chi connectivity index (χ1n) is 9.70. The molecule has 7 nitrogen and oxygen atoms in total. The van der Waals surface area contributed by atoms with Crippen LogP contribution in [-0.2, 0) is 20.8 Å². The van der Waals surface area contributed by atoms with E-state index in [2.05, 4.69) is 10.2 Å². The lowest BCUT2D eigenvalue weighted by atomic mass is 9.98. The lowest BCUT2D eigenvalue weighted by Crippen LogP contribution is -2.22. The van der Waals surface area contributed by atoms with E-state index in [1.807, 2.05) is 16.7 Å². The second-order valence-corrected chi connectivity index (χ2v) is 8.01. The quantitative estimate of drug-likeness (QED) is 0.526. The molecule has 1 atom stereocenters. The van der Waals surface area contributed by atoms with E-state index < -0.39 is 0 Å². The molecule has 0 aromatic carbocycles. The number of thioether (sulfide) groups is 1. The Kier molecular flexibility index (Phi) is 6.14. The lowest BCUT2D eigenvalue weighted by Gasteiger charge is -2.21. The Labute approximate surface area is 162 Å². The number of carbonyl (C=O) groups excluding carboxylic acids is 1. The lowest BCUT2D eigenvalue weighted by molar-refractivity contribution is -0.147. The Balaban J connectivity index is 1.42. The van der Waals surface area contributed by atoms with Crippen molar-refractivity contribution in [3.8, 4) is 11.6 Å². The summed E-state index contributed by atoms with van der Waals surface area (Å²) in [6.45, 7) is 1.45. The van der Waals surface area contributed by atoms with Gasteiger partial charge in [-0.1, -0.05) is 18.2 Å². The summed E-state index contributed by atoms with van der Waals surface area (Å²) in [6.07, 6.45) is 9.42. The van der Waals surface area contributed by atoms with Crippen LogP contribution in [0.3, 0.4) is 0 Å². The van der Waals surface area contributed by atoms with Gasteiger partial charge in [0.2, 0.25) is 5.82 Å². The zero-order valence-electron chi connectivity index (χ0n) is 15.3. The van der Waals surface area contributed by atoms with Gasteiger partial charge in [0.1, 0.15) is 6.10 Å². The topological polar surface area (TPSA) is 79.4 Å². The third-order valence-electron chi connectivity index (χ3n) is 5.04. The van der Waals surface area contributed by atoms with Crippen LogP contribution in [0.2, 0.25) is 0 Å². The van der Waals surface area contributed by atoms with E-state index in [0.717, 1.165) is 45.1 Å². The number of rotatable bonds is 7. The van der Waals surface area contributed by atoms with Crippen LogP contribution in [0.4, 0.5) is 0 Å². The second-order valence-electron chi connectivity index (χ2n) is 7.07. The highest BCUT2D eigenvalue weighted by Gasteiger charge is 2.24. The zero-order valence-corrected chi connectivity index (χ0v) is 16.2. The average molecular weight is 391 g/mol. The first-order chi connectivity index (χ1) is 13.3. The molecule has 0 amide bonds. The molecular formula is C19H25N3O4S. The van der Waals surface area contributed by atoms with Gasteiger partial charge in [-0.3, -0.25) is 9.36 Å². The second kappa shape index (κ2) is 8.93. The Morgan fingerprint density at radius 1 is 1.22 bits per heavy atom. The molecule has 8 heteroatoms. The van der Waals surface area contributed by atoms with E-state index in [9.17, 15) is 4.79 Å². The van der Waals surface area contributed by atoms with Crippen molar-refractivity contribution < 1.29 is 18.7 Å². The number of hydrogen-bond acceptors (Lipinski definition) is 7. The highest BCUT2D eigenvalue weighted by molar-refractivity contribution is 7.99. The Hall–Kier alpha value is -1.80. The fourth-order valence-electron chi connectivity index (χ4n) is 3.67. The first kappa shape index (κ1) is 18.6. The predicted molar refractivity (Wildman–Crippen MR) is 100 cm³/mol. The van der Waals surface area contributed by atoms with E-state index in [-0.39, 0.29) is 23.9 Å². The summed E-state index contributed by atoms with van der Waals surface area (Å²) >= 11 is 1.36. The molecule has 4 rings (SSSR count). The molecule has 2 aromatic heterocycles. The molecule has 0 spiro atoms. The van der Waals surface area contributed by atoms with Gasteiger partial charge < -0.3 is 13.9 Å². The molecular weight excluding hydrogens is 366 g/mol. The molecule has 27 heavy (non-hydrogen) atoms. The van der Waals surface area contributed by atoms with Crippen molar-refractivity contribution in [2.45, 2.75) is 68.9 Å². The SMILES string of the molecule is O=C(CSc1nnc(-c2ccco2)n1CC1CCCO1)OC1CCCCC1. The van der Waals surface area contributed by atoms with Crippen molar-refractivity contribution in [1.29, 1.82) is 0 Å². The normalized spacial score (nSPS) is 20.8. The van der Waals surface area contributed by atoms with Gasteiger partial charge in [0.05, 0.1) is 24.7 Å². The highest BCUT2D eigenvalue weighted by atomic mass is 32.2. The average Bonchev–Trinajstić information content (AvgIpc) is 3.44. The Morgan fingerprint density at radius 3 is 2.85 bits per heavy atom. The minimum atomic E-state index is -0.182. The van der Waals surface area contributed by atoms with Gasteiger partial charge in [-0.25, -0.2) is 0 Å². The van der Waals surface area contributed by atoms with Crippen molar-refractivity contribution >= 4 is 17.7 Å². The molecule has 1 aliphatic carbocycles. The molecule has 0 N–H and O–H groups in total. The van der Waals surface area contributed by atoms with Crippen molar-refractivity contribution in [2.24, 2.45) is 0 Å². The molecule has 2 aliphatic rings. The van der Waals surface area contributed by atoms with E-state index in [4.69, 9.17) is 13.9 Å². The van der Waals surface area contributed by atoms with Crippen LogP contribution in [0.25, 0.3) is 11.6 Å². The van der Waals surface area contributed by atoms with Crippen LogP contribution in [0.15, 0.2) is 28.0 Å². The number of aromatic nitrogens is 3. The van der Waals surface area contributed by atoms with Gasteiger partial charge in [0.15, 0.2) is 10.9 Å². The van der Waals surface area contributed by atoms with Crippen LogP contribution in [0.5, 0.6) is 0 Å². The molecule has 2 fully saturated rings. The summed E-state index contributed by atoms with van der Waals surface area (Å²) in [5.74, 6) is 1.38. The van der Waals surface area contributed by atoms with Gasteiger partial charge in [0.25, 0.3) is 0 Å². The third-order valence-corrected chi connectivity index (χ3v) is 5.98. The Bertz CT molecular complexity index is 734. The third kappa shape index (κ3) is 4.73. The summed E-state index contributed by atoms with van der Waals surface area (Å²) < 4.78 is 18.9. The molecule has 0 bridgehead atoms. The molecule has 146 valence electrons. The van der Waals surface area contributed by atoms with Crippen molar-refractivity contribution in [3.63, 3.8) is 0 Å².